The number of rotatable bonds is 3. The monoisotopic (exact) mass is 519 g/mol. The third-order valence-electron chi connectivity index (χ3n) is 6.76. The van der Waals surface area contributed by atoms with E-state index >= 15 is 0 Å². The summed E-state index contributed by atoms with van der Waals surface area (Å²) < 4.78 is 11.8. The van der Waals surface area contributed by atoms with Crippen LogP contribution in [0.25, 0.3) is 11.3 Å². The molecule has 3 aromatic rings. The van der Waals surface area contributed by atoms with Gasteiger partial charge in [0.25, 0.3) is 0 Å². The average Bonchev–Trinajstić information content (AvgIpc) is 3.19. The molecule has 1 saturated carbocycles. The first-order valence-electron chi connectivity index (χ1n) is 12.6. The highest BCUT2D eigenvalue weighted by Crippen LogP contribution is 2.42. The molecule has 0 radical (unpaired) electrons. The van der Waals surface area contributed by atoms with Crippen molar-refractivity contribution in [3.05, 3.63) is 64.1 Å². The Morgan fingerprint density at radius 1 is 1.19 bits per heavy atom. The summed E-state index contributed by atoms with van der Waals surface area (Å²) in [5.74, 6) is 0.865. The third kappa shape index (κ3) is 5.42. The molecule has 0 atom stereocenters. The number of halogens is 1. The summed E-state index contributed by atoms with van der Waals surface area (Å²) in [6.45, 7) is 6.25. The molecule has 1 aromatic carbocycles. The van der Waals surface area contributed by atoms with Gasteiger partial charge in [0.2, 0.25) is 0 Å². The maximum Gasteiger partial charge on any atom is 0.410 e. The molecular weight excluding hydrogens is 490 g/mol. The molecule has 37 heavy (non-hydrogen) atoms. The number of benzene rings is 1. The smallest absolute Gasteiger partial charge is 0.410 e. The molecular formula is C28H30ClN5O3. The number of para-hydroxylation sites is 1. The highest BCUT2D eigenvalue weighted by Gasteiger charge is 2.34. The van der Waals surface area contributed by atoms with E-state index in [-0.39, 0.29) is 12.0 Å². The molecule has 5 rings (SSSR count). The number of nitrogens with zero attached hydrogens (tertiary/aromatic N) is 4. The van der Waals surface area contributed by atoms with E-state index < -0.39 is 11.7 Å². The number of ether oxygens (including phenoxy) is 2. The fourth-order valence-corrected chi connectivity index (χ4v) is 5.28. The molecule has 1 aliphatic carbocycles. The summed E-state index contributed by atoms with van der Waals surface area (Å²) in [4.78, 5) is 19.3. The zero-order valence-electron chi connectivity index (χ0n) is 21.3. The van der Waals surface area contributed by atoms with E-state index in [4.69, 9.17) is 26.2 Å². The number of hydrogen-bond donors (Lipinski definition) is 1. The van der Waals surface area contributed by atoms with Crippen molar-refractivity contribution in [3.63, 3.8) is 0 Å². The molecule has 2 aliphatic rings. The Hall–Kier alpha value is -3.57. The normalized spacial score (nSPS) is 19.3. The number of amides is 1. The van der Waals surface area contributed by atoms with Crippen LogP contribution in [0.3, 0.4) is 0 Å². The number of nitriles is 1. The fourth-order valence-electron chi connectivity index (χ4n) is 5.10. The van der Waals surface area contributed by atoms with Crippen LogP contribution in [-0.4, -0.2) is 37.9 Å². The Labute approximate surface area is 221 Å². The number of aromatic nitrogens is 3. The topological polar surface area (TPSA) is 104 Å². The second-order valence-electron chi connectivity index (χ2n) is 10.7. The predicted molar refractivity (Wildman–Crippen MR) is 139 cm³/mol. The van der Waals surface area contributed by atoms with Gasteiger partial charge in [-0.05, 0) is 70.2 Å². The lowest BCUT2D eigenvalue weighted by Crippen LogP contribution is -2.35. The molecule has 0 spiro atoms. The SMILES string of the molecule is CC(C)(C)OC(=O)N1Cc2cc(Cl)cnc2-c2c(C3CCC(Oc4ccccc4C#N)CC3)n[nH]c2C1. The second-order valence-corrected chi connectivity index (χ2v) is 11.1. The van der Waals surface area contributed by atoms with Crippen LogP contribution in [0.15, 0.2) is 36.5 Å². The number of fused-ring (bicyclic) bond motifs is 3. The van der Waals surface area contributed by atoms with Crippen LogP contribution in [0.5, 0.6) is 5.75 Å². The van der Waals surface area contributed by atoms with E-state index in [9.17, 15) is 10.1 Å². The molecule has 0 saturated heterocycles. The first-order chi connectivity index (χ1) is 17.7. The standard InChI is InChI=1S/C28H30ClN5O3/c1-28(2,3)37-27(35)34-15-19-12-20(29)14-31-25(19)24-22(16-34)32-33-26(24)17-8-10-21(11-9-17)36-23-7-5-4-6-18(23)13-30/h4-7,12,14,17,21H,8-11,15-16H2,1-3H3,(H,32,33). The number of pyridine rings is 1. The van der Waals surface area contributed by atoms with E-state index in [2.05, 4.69) is 16.2 Å². The van der Waals surface area contributed by atoms with Crippen molar-refractivity contribution in [1.82, 2.24) is 20.1 Å². The van der Waals surface area contributed by atoms with Gasteiger partial charge in [-0.3, -0.25) is 15.0 Å². The average molecular weight is 520 g/mol. The van der Waals surface area contributed by atoms with Gasteiger partial charge in [-0.15, -0.1) is 0 Å². The van der Waals surface area contributed by atoms with Crippen LogP contribution in [-0.2, 0) is 17.8 Å². The molecule has 0 unspecified atom stereocenters. The Kier molecular flexibility index (Phi) is 6.82. The lowest BCUT2D eigenvalue weighted by Gasteiger charge is -2.29. The Balaban J connectivity index is 1.39. The minimum Gasteiger partial charge on any atom is -0.489 e. The van der Waals surface area contributed by atoms with Crippen molar-refractivity contribution in [1.29, 1.82) is 5.26 Å². The molecule has 9 heteroatoms. The number of nitrogens with one attached hydrogen (secondary N) is 1. The summed E-state index contributed by atoms with van der Waals surface area (Å²) in [7, 11) is 0. The summed E-state index contributed by atoms with van der Waals surface area (Å²) in [6, 6.07) is 11.4. The minimum atomic E-state index is -0.602. The maximum atomic E-state index is 13.0. The predicted octanol–water partition coefficient (Wildman–Crippen LogP) is 6.35. The second kappa shape index (κ2) is 10.1. The van der Waals surface area contributed by atoms with Crippen LogP contribution >= 0.6 is 11.6 Å². The molecule has 1 amide bonds. The summed E-state index contributed by atoms with van der Waals surface area (Å²) in [5, 5.41) is 17.8. The number of hydrogen-bond acceptors (Lipinski definition) is 6. The lowest BCUT2D eigenvalue weighted by atomic mass is 9.83. The number of H-pyrrole nitrogens is 1. The van der Waals surface area contributed by atoms with Crippen LogP contribution in [0.4, 0.5) is 4.79 Å². The van der Waals surface area contributed by atoms with Crippen molar-refractivity contribution in [3.8, 4) is 23.1 Å². The van der Waals surface area contributed by atoms with Gasteiger partial charge in [0, 0.05) is 17.7 Å². The van der Waals surface area contributed by atoms with Gasteiger partial charge in [0.1, 0.15) is 17.4 Å². The van der Waals surface area contributed by atoms with E-state index in [0.717, 1.165) is 53.9 Å². The van der Waals surface area contributed by atoms with Crippen molar-refractivity contribution in [2.45, 2.75) is 77.2 Å². The number of carbonyl (C=O) groups excluding carboxylic acids is 1. The fraction of sp³-hybridized carbons (Fsp3) is 0.429. The molecule has 1 N–H and O–H groups in total. The Morgan fingerprint density at radius 2 is 1.95 bits per heavy atom. The largest absolute Gasteiger partial charge is 0.489 e. The molecule has 1 fully saturated rings. The lowest BCUT2D eigenvalue weighted by molar-refractivity contribution is 0.0216. The van der Waals surface area contributed by atoms with Gasteiger partial charge >= 0.3 is 6.09 Å². The van der Waals surface area contributed by atoms with Crippen molar-refractivity contribution >= 4 is 17.7 Å². The first-order valence-corrected chi connectivity index (χ1v) is 12.9. The van der Waals surface area contributed by atoms with Gasteiger partial charge in [-0.25, -0.2) is 4.79 Å². The van der Waals surface area contributed by atoms with Crippen molar-refractivity contribution < 1.29 is 14.3 Å². The number of aromatic amines is 1. The zero-order valence-corrected chi connectivity index (χ0v) is 22.0. The zero-order chi connectivity index (χ0) is 26.2. The molecule has 1 aliphatic heterocycles. The molecule has 3 heterocycles. The molecule has 2 aromatic heterocycles. The molecule has 192 valence electrons. The van der Waals surface area contributed by atoms with Gasteiger partial charge in [0.05, 0.1) is 46.9 Å². The quantitative estimate of drug-likeness (QED) is 0.432. The highest BCUT2D eigenvalue weighted by molar-refractivity contribution is 6.30. The summed E-state index contributed by atoms with van der Waals surface area (Å²) in [5.41, 5.74) is 4.38. The van der Waals surface area contributed by atoms with E-state index in [0.29, 0.717) is 29.4 Å². The van der Waals surface area contributed by atoms with Crippen molar-refractivity contribution in [2.24, 2.45) is 0 Å². The summed E-state index contributed by atoms with van der Waals surface area (Å²) in [6.07, 6.45) is 4.81. The van der Waals surface area contributed by atoms with Crippen LogP contribution in [0.2, 0.25) is 5.02 Å². The van der Waals surface area contributed by atoms with Gasteiger partial charge in [0.15, 0.2) is 0 Å². The third-order valence-corrected chi connectivity index (χ3v) is 6.97. The maximum absolute atomic E-state index is 13.0. The van der Waals surface area contributed by atoms with Crippen molar-refractivity contribution in [2.75, 3.05) is 0 Å². The highest BCUT2D eigenvalue weighted by atomic mass is 35.5. The van der Waals surface area contributed by atoms with E-state index in [1.54, 1.807) is 17.2 Å². The Morgan fingerprint density at radius 3 is 2.68 bits per heavy atom. The minimum absolute atomic E-state index is 0.0511. The summed E-state index contributed by atoms with van der Waals surface area (Å²) >= 11 is 6.30. The van der Waals surface area contributed by atoms with Gasteiger partial charge in [-0.1, -0.05) is 23.7 Å². The van der Waals surface area contributed by atoms with Gasteiger partial charge < -0.3 is 9.47 Å². The molecule has 0 bridgehead atoms. The van der Waals surface area contributed by atoms with Crippen LogP contribution in [0, 0.1) is 11.3 Å². The van der Waals surface area contributed by atoms with E-state index in [1.807, 2.05) is 45.0 Å². The Bertz CT molecular complexity index is 1350. The molecule has 8 nitrogen and oxygen atoms in total. The van der Waals surface area contributed by atoms with Crippen LogP contribution < -0.4 is 4.74 Å². The first kappa shape index (κ1) is 25.1. The van der Waals surface area contributed by atoms with Crippen LogP contribution in [0.1, 0.15) is 74.9 Å². The van der Waals surface area contributed by atoms with E-state index in [1.165, 1.54) is 0 Å². The van der Waals surface area contributed by atoms with Gasteiger partial charge in [-0.2, -0.15) is 10.4 Å². The number of carbonyl (C=O) groups is 1.